The minimum Gasteiger partial charge on any atom is -0.252 e. The van der Waals surface area contributed by atoms with Crippen LogP contribution in [0.2, 0.25) is 5.02 Å². The Morgan fingerprint density at radius 1 is 1.20 bits per heavy atom. The van der Waals surface area contributed by atoms with E-state index in [1.54, 1.807) is 12.1 Å². The van der Waals surface area contributed by atoms with Crippen LogP contribution in [-0.2, 0) is 9.84 Å². The molecule has 0 saturated heterocycles. The summed E-state index contributed by atoms with van der Waals surface area (Å²) in [6.07, 6.45) is 1.34. The van der Waals surface area contributed by atoms with E-state index in [0.717, 1.165) is 11.3 Å². The highest BCUT2D eigenvalue weighted by atomic mass is 35.5. The molecule has 2 aromatic rings. The first-order chi connectivity index (χ1) is 7.10. The standard InChI is InChI=1S/C9H6ClNO2S2/c10-7-1-3-8(4-2-7)15(12,13)9-5-11-6-14-9/h1-6H. The maximum Gasteiger partial charge on any atom is 0.217 e. The van der Waals surface area contributed by atoms with Gasteiger partial charge in [-0.2, -0.15) is 0 Å². The van der Waals surface area contributed by atoms with E-state index in [1.165, 1.54) is 23.8 Å². The number of hydrogen-bond acceptors (Lipinski definition) is 4. The van der Waals surface area contributed by atoms with Crippen LogP contribution in [-0.4, -0.2) is 13.4 Å². The highest BCUT2D eigenvalue weighted by Crippen LogP contribution is 2.24. The maximum atomic E-state index is 11.9. The van der Waals surface area contributed by atoms with Crippen molar-refractivity contribution in [2.75, 3.05) is 0 Å². The molecule has 1 heterocycles. The summed E-state index contributed by atoms with van der Waals surface area (Å²) in [7, 11) is -3.42. The van der Waals surface area contributed by atoms with Crippen molar-refractivity contribution in [1.82, 2.24) is 4.98 Å². The Balaban J connectivity index is 2.52. The Bertz CT molecular complexity index is 546. The van der Waals surface area contributed by atoms with Crippen molar-refractivity contribution < 1.29 is 8.42 Å². The van der Waals surface area contributed by atoms with Crippen molar-refractivity contribution in [3.8, 4) is 0 Å². The van der Waals surface area contributed by atoms with E-state index in [1.807, 2.05) is 0 Å². The van der Waals surface area contributed by atoms with Gasteiger partial charge in [-0.1, -0.05) is 11.6 Å². The molecule has 2 rings (SSSR count). The molecule has 0 radical (unpaired) electrons. The Morgan fingerprint density at radius 3 is 2.40 bits per heavy atom. The van der Waals surface area contributed by atoms with Crippen molar-refractivity contribution in [1.29, 1.82) is 0 Å². The number of rotatable bonds is 2. The lowest BCUT2D eigenvalue weighted by Gasteiger charge is -2.00. The van der Waals surface area contributed by atoms with Gasteiger partial charge in [-0.25, -0.2) is 8.42 Å². The first-order valence-corrected chi connectivity index (χ1v) is 6.74. The zero-order valence-corrected chi connectivity index (χ0v) is 9.81. The number of thiazole rings is 1. The molecule has 3 nitrogen and oxygen atoms in total. The van der Waals surface area contributed by atoms with Gasteiger partial charge in [0.05, 0.1) is 16.6 Å². The zero-order chi connectivity index (χ0) is 10.9. The first-order valence-electron chi connectivity index (χ1n) is 4.00. The van der Waals surface area contributed by atoms with Gasteiger partial charge in [0.2, 0.25) is 9.84 Å². The van der Waals surface area contributed by atoms with E-state index in [4.69, 9.17) is 11.6 Å². The fraction of sp³-hybridized carbons (Fsp3) is 0. The lowest BCUT2D eigenvalue weighted by atomic mass is 10.4. The molecule has 0 unspecified atom stereocenters. The second-order valence-electron chi connectivity index (χ2n) is 2.78. The molecule has 1 aromatic carbocycles. The first kappa shape index (κ1) is 10.6. The molecule has 0 aliphatic heterocycles. The van der Waals surface area contributed by atoms with Gasteiger partial charge in [0, 0.05) is 5.02 Å². The van der Waals surface area contributed by atoms with Crippen molar-refractivity contribution in [3.63, 3.8) is 0 Å². The van der Waals surface area contributed by atoms with Crippen LogP contribution in [0.25, 0.3) is 0 Å². The van der Waals surface area contributed by atoms with Crippen LogP contribution in [0.15, 0.2) is 45.1 Å². The van der Waals surface area contributed by atoms with E-state index in [2.05, 4.69) is 4.98 Å². The topological polar surface area (TPSA) is 47.0 Å². The SMILES string of the molecule is O=S(=O)(c1ccc(Cl)cc1)c1cncs1. The third-order valence-corrected chi connectivity index (χ3v) is 5.09. The molecule has 0 atom stereocenters. The van der Waals surface area contributed by atoms with Crippen molar-refractivity contribution >= 4 is 32.8 Å². The van der Waals surface area contributed by atoms with Crippen LogP contribution in [0.5, 0.6) is 0 Å². The number of aromatic nitrogens is 1. The summed E-state index contributed by atoms with van der Waals surface area (Å²) in [5, 5.41) is 0.512. The molecule has 0 spiro atoms. The van der Waals surface area contributed by atoms with Gasteiger partial charge in [-0.15, -0.1) is 11.3 Å². The lowest BCUT2D eigenvalue weighted by Crippen LogP contribution is -1.98. The zero-order valence-electron chi connectivity index (χ0n) is 7.42. The molecule has 0 aliphatic carbocycles. The molecule has 0 N–H and O–H groups in total. The van der Waals surface area contributed by atoms with E-state index in [9.17, 15) is 8.42 Å². The average Bonchev–Trinajstić information content (AvgIpc) is 2.71. The van der Waals surface area contributed by atoms with Crippen LogP contribution in [0.3, 0.4) is 0 Å². The molecule has 1 aromatic heterocycles. The number of sulfone groups is 1. The van der Waals surface area contributed by atoms with Crippen molar-refractivity contribution in [2.24, 2.45) is 0 Å². The maximum absolute atomic E-state index is 11.9. The molecular weight excluding hydrogens is 254 g/mol. The molecule has 15 heavy (non-hydrogen) atoms. The molecule has 0 aliphatic rings. The van der Waals surface area contributed by atoms with Gasteiger partial charge in [0.25, 0.3) is 0 Å². The normalized spacial score (nSPS) is 11.5. The largest absolute Gasteiger partial charge is 0.252 e. The minimum atomic E-state index is -3.42. The van der Waals surface area contributed by atoms with Gasteiger partial charge in [0.15, 0.2) is 0 Å². The van der Waals surface area contributed by atoms with E-state index < -0.39 is 9.84 Å². The van der Waals surface area contributed by atoms with Crippen LogP contribution in [0.1, 0.15) is 0 Å². The van der Waals surface area contributed by atoms with Crippen LogP contribution in [0, 0.1) is 0 Å². The van der Waals surface area contributed by atoms with Gasteiger partial charge < -0.3 is 0 Å². The Kier molecular flexibility index (Phi) is 2.77. The summed E-state index contributed by atoms with van der Waals surface area (Å²) >= 11 is 6.78. The molecule has 78 valence electrons. The third kappa shape index (κ3) is 2.04. The second-order valence-corrected chi connectivity index (χ2v) is 6.28. The van der Waals surface area contributed by atoms with Crippen LogP contribution in [0.4, 0.5) is 0 Å². The van der Waals surface area contributed by atoms with Gasteiger partial charge in [-0.05, 0) is 24.3 Å². The quantitative estimate of drug-likeness (QED) is 0.833. The number of nitrogens with zero attached hydrogens (tertiary/aromatic N) is 1. The monoisotopic (exact) mass is 259 g/mol. The molecule has 6 heteroatoms. The lowest BCUT2D eigenvalue weighted by molar-refractivity contribution is 0.598. The molecule has 0 fully saturated rings. The summed E-state index contributed by atoms with van der Waals surface area (Å²) < 4.78 is 24.1. The highest BCUT2D eigenvalue weighted by molar-refractivity contribution is 7.93. The second kappa shape index (κ2) is 3.92. The van der Waals surface area contributed by atoms with Gasteiger partial charge in [-0.3, -0.25) is 4.98 Å². The van der Waals surface area contributed by atoms with Gasteiger partial charge >= 0.3 is 0 Å². The summed E-state index contributed by atoms with van der Waals surface area (Å²) in [5.41, 5.74) is 1.49. The fourth-order valence-corrected chi connectivity index (χ4v) is 3.39. The molecule has 0 bridgehead atoms. The third-order valence-electron chi connectivity index (χ3n) is 1.80. The number of benzene rings is 1. The average molecular weight is 260 g/mol. The van der Waals surface area contributed by atoms with Crippen LogP contribution < -0.4 is 0 Å². The minimum absolute atomic E-state index is 0.233. The van der Waals surface area contributed by atoms with E-state index in [0.29, 0.717) is 5.02 Å². The van der Waals surface area contributed by atoms with Gasteiger partial charge in [0.1, 0.15) is 4.21 Å². The van der Waals surface area contributed by atoms with Crippen LogP contribution >= 0.6 is 22.9 Å². The summed E-state index contributed by atoms with van der Waals surface area (Å²) in [6, 6.07) is 6.07. The summed E-state index contributed by atoms with van der Waals surface area (Å²) in [6.45, 7) is 0. The van der Waals surface area contributed by atoms with E-state index >= 15 is 0 Å². The summed E-state index contributed by atoms with van der Waals surface area (Å²) in [4.78, 5) is 3.98. The number of hydrogen-bond donors (Lipinski definition) is 0. The molecule has 0 amide bonds. The number of halogens is 1. The smallest absolute Gasteiger partial charge is 0.217 e. The van der Waals surface area contributed by atoms with E-state index in [-0.39, 0.29) is 9.10 Å². The molecule has 0 saturated carbocycles. The van der Waals surface area contributed by atoms with Crippen molar-refractivity contribution in [2.45, 2.75) is 9.10 Å². The Hall–Kier alpha value is -0.910. The Morgan fingerprint density at radius 2 is 1.87 bits per heavy atom. The Labute approximate surface area is 96.3 Å². The predicted molar refractivity (Wildman–Crippen MR) is 59.0 cm³/mol. The predicted octanol–water partition coefficient (Wildman–Crippen LogP) is 2.63. The molecular formula is C9H6ClNO2S2. The van der Waals surface area contributed by atoms with Crippen molar-refractivity contribution in [3.05, 3.63) is 41.0 Å². The fourth-order valence-electron chi connectivity index (χ4n) is 1.07. The highest BCUT2D eigenvalue weighted by Gasteiger charge is 2.18. The summed E-state index contributed by atoms with van der Waals surface area (Å²) in [5.74, 6) is 0.